The van der Waals surface area contributed by atoms with Crippen LogP contribution >= 0.6 is 0 Å². The number of halogens is 3. The standard InChI is InChI=1S/C32H28F3N7/c1-36-14-19-9-21(12-23(33)11-19)24-3-2-4-27-25(24)13-29(38-27)31-30-28(40-41-31)6-5-26(39-30)22-10-20(15-37-16-22)17-42-8-7-32(34,35)18-42/h2-6,9-13,15-16,36,38H,7-8,14,17-18H2,1H3,(H,40,41). The van der Waals surface area contributed by atoms with Gasteiger partial charge in [-0.05, 0) is 77.8 Å². The zero-order valence-corrected chi connectivity index (χ0v) is 22.9. The van der Waals surface area contributed by atoms with Crippen LogP contribution in [0.25, 0.3) is 55.7 Å². The van der Waals surface area contributed by atoms with Crippen molar-refractivity contribution < 1.29 is 13.2 Å². The number of hydrogen-bond donors (Lipinski definition) is 3. The van der Waals surface area contributed by atoms with E-state index in [9.17, 15) is 13.2 Å². The number of H-pyrrole nitrogens is 2. The molecule has 6 aromatic rings. The molecule has 1 aliphatic rings. The van der Waals surface area contributed by atoms with Gasteiger partial charge in [0, 0.05) is 54.9 Å². The molecule has 0 unspecified atom stereocenters. The van der Waals surface area contributed by atoms with Crippen molar-refractivity contribution in [2.45, 2.75) is 25.4 Å². The third kappa shape index (κ3) is 5.03. The number of nitrogens with one attached hydrogen (secondary N) is 3. The van der Waals surface area contributed by atoms with E-state index in [0.717, 1.165) is 49.9 Å². The van der Waals surface area contributed by atoms with E-state index in [4.69, 9.17) is 4.98 Å². The molecule has 2 aromatic carbocycles. The first kappa shape index (κ1) is 26.4. The molecule has 0 atom stereocenters. The van der Waals surface area contributed by atoms with Gasteiger partial charge >= 0.3 is 0 Å². The first-order valence-corrected chi connectivity index (χ1v) is 13.8. The summed E-state index contributed by atoms with van der Waals surface area (Å²) in [7, 11) is 1.84. The van der Waals surface area contributed by atoms with Crippen molar-refractivity contribution >= 4 is 21.9 Å². The highest BCUT2D eigenvalue weighted by Crippen LogP contribution is 2.35. The molecule has 0 spiro atoms. The highest BCUT2D eigenvalue weighted by molar-refractivity contribution is 6.00. The lowest BCUT2D eigenvalue weighted by Crippen LogP contribution is -2.24. The van der Waals surface area contributed by atoms with Gasteiger partial charge in [0.2, 0.25) is 0 Å². The summed E-state index contributed by atoms with van der Waals surface area (Å²) in [6, 6.07) is 18.8. The van der Waals surface area contributed by atoms with Crippen molar-refractivity contribution in [2.75, 3.05) is 20.1 Å². The Balaban J connectivity index is 1.24. The molecular weight excluding hydrogens is 539 g/mol. The van der Waals surface area contributed by atoms with Crippen LogP contribution < -0.4 is 5.32 Å². The molecule has 4 aromatic heterocycles. The van der Waals surface area contributed by atoms with Crippen molar-refractivity contribution in [1.29, 1.82) is 0 Å². The predicted octanol–water partition coefficient (Wildman–Crippen LogP) is 6.53. The lowest BCUT2D eigenvalue weighted by Gasteiger charge is -2.15. The summed E-state index contributed by atoms with van der Waals surface area (Å²) >= 11 is 0. The van der Waals surface area contributed by atoms with Gasteiger partial charge in [0.15, 0.2) is 0 Å². The molecule has 5 heterocycles. The maximum Gasteiger partial charge on any atom is 0.261 e. The predicted molar refractivity (Wildman–Crippen MR) is 157 cm³/mol. The Labute approximate surface area is 239 Å². The fraction of sp³-hybridized carbons (Fsp3) is 0.219. The van der Waals surface area contributed by atoms with E-state index in [1.165, 1.54) is 6.07 Å². The van der Waals surface area contributed by atoms with Gasteiger partial charge in [-0.25, -0.2) is 18.2 Å². The minimum absolute atomic E-state index is 0.115. The highest BCUT2D eigenvalue weighted by atomic mass is 19.3. The van der Waals surface area contributed by atoms with Gasteiger partial charge in [-0.1, -0.05) is 12.1 Å². The molecule has 212 valence electrons. The van der Waals surface area contributed by atoms with E-state index in [-0.39, 0.29) is 18.8 Å². The van der Waals surface area contributed by atoms with Crippen LogP contribution in [0.2, 0.25) is 0 Å². The number of fused-ring (bicyclic) bond motifs is 2. The van der Waals surface area contributed by atoms with Gasteiger partial charge in [-0.15, -0.1) is 0 Å². The van der Waals surface area contributed by atoms with Crippen LogP contribution in [-0.4, -0.2) is 56.1 Å². The molecule has 1 aliphatic heterocycles. The van der Waals surface area contributed by atoms with Crippen molar-refractivity contribution in [3.63, 3.8) is 0 Å². The maximum atomic E-state index is 14.5. The van der Waals surface area contributed by atoms with E-state index >= 15 is 0 Å². The van der Waals surface area contributed by atoms with Gasteiger partial charge in [-0.2, -0.15) is 5.10 Å². The molecule has 42 heavy (non-hydrogen) atoms. The summed E-state index contributed by atoms with van der Waals surface area (Å²) in [6.45, 7) is 1.11. The molecule has 3 N–H and O–H groups in total. The van der Waals surface area contributed by atoms with Gasteiger partial charge in [0.25, 0.3) is 5.92 Å². The quantitative estimate of drug-likeness (QED) is 0.204. The van der Waals surface area contributed by atoms with Gasteiger partial charge in [-0.3, -0.25) is 15.0 Å². The number of pyridine rings is 2. The molecule has 1 fully saturated rings. The Hall–Kier alpha value is -4.54. The Kier molecular flexibility index (Phi) is 6.52. The number of aromatic nitrogens is 5. The normalized spacial score (nSPS) is 15.2. The number of nitrogens with zero attached hydrogens (tertiary/aromatic N) is 4. The van der Waals surface area contributed by atoms with E-state index in [0.29, 0.717) is 36.5 Å². The monoisotopic (exact) mass is 567 g/mol. The lowest BCUT2D eigenvalue weighted by atomic mass is 9.99. The number of alkyl halides is 2. The second kappa shape index (κ2) is 10.4. The SMILES string of the molecule is CNCc1cc(F)cc(-c2cccc3[nH]c(-c4n[nH]c5ccc(-c6cncc(CN7CCC(F)(F)C7)c6)nc45)cc23)c1. The Morgan fingerprint density at radius 3 is 2.69 bits per heavy atom. The third-order valence-electron chi connectivity index (χ3n) is 7.72. The zero-order chi connectivity index (χ0) is 28.8. The Morgan fingerprint density at radius 1 is 0.976 bits per heavy atom. The van der Waals surface area contributed by atoms with Crippen LogP contribution in [0.4, 0.5) is 13.2 Å². The average Bonchev–Trinajstić information content (AvgIpc) is 3.68. The van der Waals surface area contributed by atoms with E-state index in [2.05, 4.69) is 25.5 Å². The largest absolute Gasteiger partial charge is 0.353 e. The first-order valence-electron chi connectivity index (χ1n) is 13.8. The number of benzene rings is 2. The fourth-order valence-electron chi connectivity index (χ4n) is 5.81. The number of rotatable bonds is 7. The summed E-state index contributed by atoms with van der Waals surface area (Å²) in [5.74, 6) is -2.91. The highest BCUT2D eigenvalue weighted by Gasteiger charge is 2.37. The molecule has 10 heteroatoms. The second-order valence-corrected chi connectivity index (χ2v) is 10.9. The third-order valence-corrected chi connectivity index (χ3v) is 7.72. The van der Waals surface area contributed by atoms with Crippen molar-refractivity contribution in [3.05, 3.63) is 90.0 Å². The van der Waals surface area contributed by atoms with Gasteiger partial charge < -0.3 is 10.3 Å². The lowest BCUT2D eigenvalue weighted by molar-refractivity contribution is 0.0115. The van der Waals surface area contributed by atoms with Crippen molar-refractivity contribution in [1.82, 2.24) is 35.4 Å². The second-order valence-electron chi connectivity index (χ2n) is 10.9. The van der Waals surface area contributed by atoms with Crippen molar-refractivity contribution in [3.8, 4) is 33.8 Å². The smallest absolute Gasteiger partial charge is 0.261 e. The molecular formula is C32H28F3N7. The minimum atomic E-state index is -2.63. The first-order chi connectivity index (χ1) is 20.3. The molecule has 0 saturated carbocycles. The summed E-state index contributed by atoms with van der Waals surface area (Å²) in [4.78, 5) is 14.5. The van der Waals surface area contributed by atoms with Crippen LogP contribution in [0.15, 0.2) is 73.1 Å². The maximum absolute atomic E-state index is 14.5. The summed E-state index contributed by atoms with van der Waals surface area (Å²) in [5.41, 5.74) is 8.76. The van der Waals surface area contributed by atoms with Crippen LogP contribution in [0.3, 0.4) is 0 Å². The topological polar surface area (TPSA) is 85.5 Å². The molecule has 0 radical (unpaired) electrons. The Bertz CT molecular complexity index is 1930. The molecule has 0 aliphatic carbocycles. The average molecular weight is 568 g/mol. The molecule has 7 rings (SSSR count). The van der Waals surface area contributed by atoms with E-state index in [1.54, 1.807) is 23.4 Å². The fourth-order valence-corrected chi connectivity index (χ4v) is 5.81. The van der Waals surface area contributed by atoms with Crippen LogP contribution in [0, 0.1) is 5.82 Å². The molecule has 0 bridgehead atoms. The number of likely N-dealkylation sites (tertiary alicyclic amines) is 1. The minimum Gasteiger partial charge on any atom is -0.353 e. The Morgan fingerprint density at radius 2 is 1.86 bits per heavy atom. The molecule has 0 amide bonds. The van der Waals surface area contributed by atoms with Crippen LogP contribution in [-0.2, 0) is 13.1 Å². The number of hydrogen-bond acceptors (Lipinski definition) is 5. The molecule has 7 nitrogen and oxygen atoms in total. The number of aromatic amines is 2. The summed E-state index contributed by atoms with van der Waals surface area (Å²) < 4.78 is 41.8. The summed E-state index contributed by atoms with van der Waals surface area (Å²) in [5, 5.41) is 11.7. The van der Waals surface area contributed by atoms with Crippen molar-refractivity contribution in [2.24, 2.45) is 0 Å². The molecule has 1 saturated heterocycles. The van der Waals surface area contributed by atoms with Gasteiger partial charge in [0.05, 0.1) is 23.4 Å². The van der Waals surface area contributed by atoms with Crippen LogP contribution in [0.5, 0.6) is 0 Å². The summed E-state index contributed by atoms with van der Waals surface area (Å²) in [6.07, 6.45) is 3.33. The van der Waals surface area contributed by atoms with E-state index < -0.39 is 5.92 Å². The van der Waals surface area contributed by atoms with Crippen LogP contribution in [0.1, 0.15) is 17.5 Å². The van der Waals surface area contributed by atoms with E-state index in [1.807, 2.05) is 55.6 Å². The van der Waals surface area contributed by atoms with Gasteiger partial charge in [0.1, 0.15) is 17.0 Å². The zero-order valence-electron chi connectivity index (χ0n) is 22.9.